The maximum absolute atomic E-state index is 6.23. The van der Waals surface area contributed by atoms with Crippen molar-refractivity contribution in [1.29, 1.82) is 0 Å². The van der Waals surface area contributed by atoms with Crippen LogP contribution in [0.15, 0.2) is 24.3 Å². The quantitative estimate of drug-likeness (QED) is 0.853. The van der Waals surface area contributed by atoms with Gasteiger partial charge in [-0.3, -0.25) is 0 Å². The van der Waals surface area contributed by atoms with Crippen LogP contribution >= 0.6 is 0 Å². The highest BCUT2D eigenvalue weighted by atomic mass is 16.5. The lowest BCUT2D eigenvalue weighted by molar-refractivity contribution is -0.134. The van der Waals surface area contributed by atoms with Gasteiger partial charge in [0.1, 0.15) is 11.4 Å². The Labute approximate surface area is 102 Å². The molecule has 0 radical (unpaired) electrons. The van der Waals surface area contributed by atoms with Gasteiger partial charge in [-0.15, -0.1) is 0 Å². The molecule has 2 aliphatic rings. The Hall–Kier alpha value is -1.06. The van der Waals surface area contributed by atoms with E-state index in [1.165, 1.54) is 0 Å². The van der Waals surface area contributed by atoms with Crippen LogP contribution < -0.4 is 10.5 Å². The molecule has 1 aliphatic carbocycles. The highest BCUT2D eigenvalue weighted by Gasteiger charge is 2.50. The summed E-state index contributed by atoms with van der Waals surface area (Å²) >= 11 is 0. The average molecular weight is 233 g/mol. The van der Waals surface area contributed by atoms with Crippen molar-refractivity contribution >= 4 is 0 Å². The summed E-state index contributed by atoms with van der Waals surface area (Å²) in [5, 5.41) is 0. The van der Waals surface area contributed by atoms with Crippen LogP contribution in [0.2, 0.25) is 0 Å². The number of fused-ring (bicyclic) bond motifs is 1. The second-order valence-corrected chi connectivity index (χ2v) is 5.12. The lowest BCUT2D eigenvalue weighted by atomic mass is 9.71. The summed E-state index contributed by atoms with van der Waals surface area (Å²) in [6, 6.07) is 8.20. The summed E-state index contributed by atoms with van der Waals surface area (Å²) in [6.07, 6.45) is 3.22. The Kier molecular flexibility index (Phi) is 2.60. The summed E-state index contributed by atoms with van der Waals surface area (Å²) in [7, 11) is 0. The molecule has 1 aromatic rings. The summed E-state index contributed by atoms with van der Waals surface area (Å²) in [6.45, 7) is 2.82. The third kappa shape index (κ3) is 1.83. The average Bonchev–Trinajstić information content (AvgIpc) is 2.27. The molecule has 3 rings (SSSR count). The minimum atomic E-state index is -0.0619. The van der Waals surface area contributed by atoms with E-state index in [-0.39, 0.29) is 11.6 Å². The van der Waals surface area contributed by atoms with E-state index in [0.29, 0.717) is 6.10 Å². The summed E-state index contributed by atoms with van der Waals surface area (Å²) in [5.74, 6) is 0.959. The molecule has 1 aromatic carbocycles. The lowest BCUT2D eigenvalue weighted by Crippen LogP contribution is -2.55. The first-order chi connectivity index (χ1) is 8.22. The number of hydrogen-bond donors (Lipinski definition) is 1. The first-order valence-electron chi connectivity index (χ1n) is 6.37. The third-order valence-corrected chi connectivity index (χ3v) is 3.84. The molecule has 1 saturated carbocycles. The Morgan fingerprint density at radius 3 is 2.88 bits per heavy atom. The Bertz CT molecular complexity index is 412. The van der Waals surface area contributed by atoms with Crippen molar-refractivity contribution in [2.45, 2.75) is 43.9 Å². The van der Waals surface area contributed by atoms with Gasteiger partial charge in [0, 0.05) is 37.5 Å². The number of benzene rings is 1. The molecule has 1 atom stereocenters. The van der Waals surface area contributed by atoms with Crippen LogP contribution in [0.25, 0.3) is 0 Å². The molecule has 3 heteroatoms. The smallest absolute Gasteiger partial charge is 0.124 e. The molecule has 92 valence electrons. The zero-order valence-corrected chi connectivity index (χ0v) is 10.2. The summed E-state index contributed by atoms with van der Waals surface area (Å²) < 4.78 is 11.8. The first kappa shape index (κ1) is 11.1. The molecule has 1 spiro atoms. The number of rotatable bonds is 2. The van der Waals surface area contributed by atoms with Crippen LogP contribution in [0, 0.1) is 0 Å². The minimum absolute atomic E-state index is 0.0619. The van der Waals surface area contributed by atoms with E-state index in [1.54, 1.807) is 0 Å². The van der Waals surface area contributed by atoms with Crippen molar-refractivity contribution in [3.05, 3.63) is 29.8 Å². The van der Waals surface area contributed by atoms with Gasteiger partial charge in [0.2, 0.25) is 0 Å². The molecule has 3 nitrogen and oxygen atoms in total. The molecule has 0 unspecified atom stereocenters. The molecular weight excluding hydrogens is 214 g/mol. The Balaban J connectivity index is 1.77. The Morgan fingerprint density at radius 1 is 1.35 bits per heavy atom. The molecule has 0 amide bonds. The highest BCUT2D eigenvalue weighted by molar-refractivity contribution is 5.39. The second kappa shape index (κ2) is 4.00. The molecule has 1 fully saturated rings. The largest absolute Gasteiger partial charge is 0.487 e. The normalized spacial score (nSPS) is 34.9. The predicted molar refractivity (Wildman–Crippen MR) is 66.0 cm³/mol. The topological polar surface area (TPSA) is 44.5 Å². The number of para-hydroxylation sites is 1. The zero-order chi connectivity index (χ0) is 11.9. The van der Waals surface area contributed by atoms with Gasteiger partial charge in [-0.1, -0.05) is 18.2 Å². The molecule has 1 aliphatic heterocycles. The van der Waals surface area contributed by atoms with Crippen LogP contribution in [-0.4, -0.2) is 18.3 Å². The van der Waals surface area contributed by atoms with Crippen molar-refractivity contribution in [3.8, 4) is 5.75 Å². The third-order valence-electron chi connectivity index (χ3n) is 3.84. The van der Waals surface area contributed by atoms with Gasteiger partial charge in [0.25, 0.3) is 0 Å². The molecule has 0 saturated heterocycles. The van der Waals surface area contributed by atoms with E-state index in [4.69, 9.17) is 15.2 Å². The van der Waals surface area contributed by atoms with Crippen molar-refractivity contribution < 1.29 is 9.47 Å². The van der Waals surface area contributed by atoms with Gasteiger partial charge in [-0.25, -0.2) is 0 Å². The van der Waals surface area contributed by atoms with E-state index in [9.17, 15) is 0 Å². The fraction of sp³-hybridized carbons (Fsp3) is 0.571. The van der Waals surface area contributed by atoms with E-state index in [1.807, 2.05) is 25.1 Å². The molecule has 17 heavy (non-hydrogen) atoms. The lowest BCUT2D eigenvalue weighted by Gasteiger charge is -2.50. The minimum Gasteiger partial charge on any atom is -0.487 e. The Morgan fingerprint density at radius 2 is 2.12 bits per heavy atom. The molecule has 1 heterocycles. The summed E-state index contributed by atoms with van der Waals surface area (Å²) in [5.41, 5.74) is 7.31. The van der Waals surface area contributed by atoms with Gasteiger partial charge in [0.15, 0.2) is 0 Å². The fourth-order valence-corrected chi connectivity index (χ4v) is 3.04. The SMILES string of the molecule is CCOC1CC2(C1)C[C@H](N)c1ccccc1O2. The summed E-state index contributed by atoms with van der Waals surface area (Å²) in [4.78, 5) is 0. The highest BCUT2D eigenvalue weighted by Crippen LogP contribution is 2.48. The van der Waals surface area contributed by atoms with Gasteiger partial charge in [-0.2, -0.15) is 0 Å². The first-order valence-corrected chi connectivity index (χ1v) is 6.37. The molecular formula is C14H19NO2. The van der Waals surface area contributed by atoms with E-state index in [0.717, 1.165) is 37.2 Å². The van der Waals surface area contributed by atoms with Crippen LogP contribution in [-0.2, 0) is 4.74 Å². The van der Waals surface area contributed by atoms with Crippen LogP contribution in [0.3, 0.4) is 0 Å². The maximum Gasteiger partial charge on any atom is 0.124 e. The van der Waals surface area contributed by atoms with Crippen LogP contribution in [0.1, 0.15) is 37.8 Å². The zero-order valence-electron chi connectivity index (χ0n) is 10.2. The second-order valence-electron chi connectivity index (χ2n) is 5.12. The maximum atomic E-state index is 6.23. The van der Waals surface area contributed by atoms with Crippen molar-refractivity contribution in [1.82, 2.24) is 0 Å². The van der Waals surface area contributed by atoms with Gasteiger partial charge in [0.05, 0.1) is 6.10 Å². The van der Waals surface area contributed by atoms with Gasteiger partial charge >= 0.3 is 0 Å². The molecule has 2 N–H and O–H groups in total. The fourth-order valence-electron chi connectivity index (χ4n) is 3.04. The molecule has 0 aromatic heterocycles. The van der Waals surface area contributed by atoms with Gasteiger partial charge in [-0.05, 0) is 13.0 Å². The van der Waals surface area contributed by atoms with Gasteiger partial charge < -0.3 is 15.2 Å². The standard InChI is InChI=1S/C14H19NO2/c1-2-16-10-7-14(8-10)9-12(15)11-5-3-4-6-13(11)17-14/h3-6,10,12H,2,7-9,15H2,1H3/t10?,12-,14?/m0/s1. The number of ether oxygens (including phenoxy) is 2. The van der Waals surface area contributed by atoms with Crippen LogP contribution in [0.4, 0.5) is 0 Å². The van der Waals surface area contributed by atoms with Crippen molar-refractivity contribution in [3.63, 3.8) is 0 Å². The van der Waals surface area contributed by atoms with Crippen molar-refractivity contribution in [2.24, 2.45) is 5.73 Å². The monoisotopic (exact) mass is 233 g/mol. The van der Waals surface area contributed by atoms with E-state index < -0.39 is 0 Å². The number of hydrogen-bond acceptors (Lipinski definition) is 3. The van der Waals surface area contributed by atoms with Crippen LogP contribution in [0.5, 0.6) is 5.75 Å². The van der Waals surface area contributed by atoms with E-state index in [2.05, 4.69) is 6.07 Å². The van der Waals surface area contributed by atoms with Crippen molar-refractivity contribution in [2.75, 3.05) is 6.61 Å². The predicted octanol–water partition coefficient (Wildman–Crippen LogP) is 2.41. The van der Waals surface area contributed by atoms with E-state index >= 15 is 0 Å². The molecule has 0 bridgehead atoms. The number of nitrogens with two attached hydrogens (primary N) is 1.